The van der Waals surface area contributed by atoms with Gasteiger partial charge in [-0.05, 0) is 50.6 Å². The van der Waals surface area contributed by atoms with Crippen LogP contribution in [0.4, 0.5) is 4.79 Å². The molecule has 1 aromatic carbocycles. The van der Waals surface area contributed by atoms with E-state index in [1.165, 1.54) is 0 Å². The van der Waals surface area contributed by atoms with Gasteiger partial charge in [0.15, 0.2) is 0 Å². The first-order chi connectivity index (χ1) is 12.5. The quantitative estimate of drug-likeness (QED) is 0.735. The standard InChI is InChI=1S/C19H22ClN5O/c1-12-7-13(2)25(23-12)17-5-6-24(11-17)19(26)21-10-16-9-14-8-15(20)3-4-18(14)22-16/h3-4,7-9,17,22H,5-6,10-11H2,1-2H3,(H,21,26)/t17-/m0/s1. The molecule has 1 fully saturated rings. The monoisotopic (exact) mass is 371 g/mol. The number of nitrogens with zero attached hydrogens (tertiary/aromatic N) is 3. The lowest BCUT2D eigenvalue weighted by molar-refractivity contribution is 0.206. The number of fused-ring (bicyclic) bond motifs is 1. The van der Waals surface area contributed by atoms with Gasteiger partial charge in [-0.1, -0.05) is 11.6 Å². The van der Waals surface area contributed by atoms with Crippen LogP contribution in [-0.2, 0) is 6.54 Å². The third kappa shape index (κ3) is 3.29. The van der Waals surface area contributed by atoms with Crippen LogP contribution in [0.15, 0.2) is 30.3 Å². The van der Waals surface area contributed by atoms with Crippen molar-refractivity contribution in [3.63, 3.8) is 0 Å². The lowest BCUT2D eigenvalue weighted by Crippen LogP contribution is -2.38. The number of H-pyrrole nitrogens is 1. The van der Waals surface area contributed by atoms with Gasteiger partial charge in [-0.2, -0.15) is 5.10 Å². The van der Waals surface area contributed by atoms with Crippen molar-refractivity contribution in [2.75, 3.05) is 13.1 Å². The van der Waals surface area contributed by atoms with Gasteiger partial charge in [0.2, 0.25) is 0 Å². The molecule has 0 radical (unpaired) electrons. The summed E-state index contributed by atoms with van der Waals surface area (Å²) in [5, 5.41) is 9.31. The van der Waals surface area contributed by atoms with Crippen LogP contribution in [0.1, 0.15) is 29.5 Å². The second-order valence-corrected chi connectivity index (χ2v) is 7.38. The molecule has 2 N–H and O–H groups in total. The summed E-state index contributed by atoms with van der Waals surface area (Å²) in [5.74, 6) is 0. The van der Waals surface area contributed by atoms with Gasteiger partial charge in [-0.25, -0.2) is 4.79 Å². The molecule has 0 aliphatic carbocycles. The normalized spacial score (nSPS) is 17.2. The number of likely N-dealkylation sites (tertiary alicyclic amines) is 1. The molecular weight excluding hydrogens is 350 g/mol. The van der Waals surface area contributed by atoms with Gasteiger partial charge >= 0.3 is 6.03 Å². The number of urea groups is 1. The van der Waals surface area contributed by atoms with Gasteiger partial charge in [0.05, 0.1) is 18.3 Å². The highest BCUT2D eigenvalue weighted by Crippen LogP contribution is 2.23. The van der Waals surface area contributed by atoms with E-state index < -0.39 is 0 Å². The Balaban J connectivity index is 1.37. The molecule has 1 aliphatic rings. The van der Waals surface area contributed by atoms with E-state index in [4.69, 9.17) is 11.6 Å². The van der Waals surface area contributed by atoms with E-state index in [0.717, 1.165) is 41.0 Å². The molecule has 0 unspecified atom stereocenters. The fraction of sp³-hybridized carbons (Fsp3) is 0.368. The van der Waals surface area contributed by atoms with E-state index in [0.29, 0.717) is 18.1 Å². The van der Waals surface area contributed by atoms with Crippen molar-refractivity contribution in [1.82, 2.24) is 25.0 Å². The second-order valence-electron chi connectivity index (χ2n) is 6.95. The maximum Gasteiger partial charge on any atom is 0.317 e. The predicted molar refractivity (Wildman–Crippen MR) is 102 cm³/mol. The predicted octanol–water partition coefficient (Wildman–Crippen LogP) is 3.79. The molecule has 136 valence electrons. The molecule has 3 aromatic rings. The van der Waals surface area contributed by atoms with Gasteiger partial charge in [0.1, 0.15) is 0 Å². The van der Waals surface area contributed by atoms with E-state index in [1.54, 1.807) is 0 Å². The van der Waals surface area contributed by atoms with Crippen LogP contribution in [0, 0.1) is 13.8 Å². The Morgan fingerprint density at radius 3 is 2.96 bits per heavy atom. The smallest absolute Gasteiger partial charge is 0.317 e. The number of hydrogen-bond donors (Lipinski definition) is 2. The van der Waals surface area contributed by atoms with E-state index >= 15 is 0 Å². The number of carbonyl (C=O) groups excluding carboxylic acids is 1. The molecule has 1 saturated heterocycles. The summed E-state index contributed by atoms with van der Waals surface area (Å²) in [6.07, 6.45) is 0.931. The minimum atomic E-state index is -0.0364. The van der Waals surface area contributed by atoms with Crippen molar-refractivity contribution in [2.45, 2.75) is 32.9 Å². The molecule has 4 rings (SSSR count). The van der Waals surface area contributed by atoms with Gasteiger partial charge in [0, 0.05) is 40.4 Å². The molecule has 1 atom stereocenters. The summed E-state index contributed by atoms with van der Waals surface area (Å²) in [5.41, 5.74) is 4.14. The third-order valence-corrected chi connectivity index (χ3v) is 5.14. The molecule has 0 saturated carbocycles. The topological polar surface area (TPSA) is 66.0 Å². The average Bonchev–Trinajstić information content (AvgIpc) is 3.30. The Bertz CT molecular complexity index is 960. The van der Waals surface area contributed by atoms with E-state index in [2.05, 4.69) is 28.4 Å². The molecule has 1 aliphatic heterocycles. The zero-order valence-corrected chi connectivity index (χ0v) is 15.7. The zero-order chi connectivity index (χ0) is 18.3. The number of nitrogens with one attached hydrogen (secondary N) is 2. The number of halogens is 1. The Morgan fingerprint density at radius 1 is 1.35 bits per heavy atom. The number of amides is 2. The van der Waals surface area contributed by atoms with Gasteiger partial charge < -0.3 is 15.2 Å². The SMILES string of the molecule is Cc1cc(C)n([C@H]2CCN(C(=O)NCc3cc4cc(Cl)ccc4[nH]3)C2)n1. The Labute approximate surface area is 157 Å². The van der Waals surface area contributed by atoms with E-state index in [9.17, 15) is 4.79 Å². The van der Waals surface area contributed by atoms with Gasteiger partial charge in [0.25, 0.3) is 0 Å². The highest BCUT2D eigenvalue weighted by molar-refractivity contribution is 6.31. The number of carbonyl (C=O) groups is 1. The number of benzene rings is 1. The summed E-state index contributed by atoms with van der Waals surface area (Å²) >= 11 is 6.02. The fourth-order valence-electron chi connectivity index (χ4n) is 3.68. The number of aromatic nitrogens is 3. The molecule has 6 nitrogen and oxygen atoms in total. The maximum atomic E-state index is 12.5. The van der Waals surface area contributed by atoms with Crippen LogP contribution < -0.4 is 5.32 Å². The lowest BCUT2D eigenvalue weighted by Gasteiger charge is -2.18. The van der Waals surface area contributed by atoms with Crippen molar-refractivity contribution in [1.29, 1.82) is 0 Å². The first-order valence-corrected chi connectivity index (χ1v) is 9.20. The number of aryl methyl sites for hydroxylation is 2. The summed E-state index contributed by atoms with van der Waals surface area (Å²) < 4.78 is 2.05. The number of rotatable bonds is 3. The second kappa shape index (κ2) is 6.68. The summed E-state index contributed by atoms with van der Waals surface area (Å²) in [6.45, 7) is 5.96. The number of hydrogen-bond acceptors (Lipinski definition) is 2. The molecule has 0 bridgehead atoms. The molecule has 26 heavy (non-hydrogen) atoms. The highest BCUT2D eigenvalue weighted by atomic mass is 35.5. The average molecular weight is 372 g/mol. The summed E-state index contributed by atoms with van der Waals surface area (Å²) in [7, 11) is 0. The van der Waals surface area contributed by atoms with Crippen LogP contribution in [0.2, 0.25) is 5.02 Å². The first-order valence-electron chi connectivity index (χ1n) is 8.82. The van der Waals surface area contributed by atoms with Crippen LogP contribution in [-0.4, -0.2) is 38.8 Å². The molecule has 0 spiro atoms. The van der Waals surface area contributed by atoms with Crippen LogP contribution in [0.25, 0.3) is 10.9 Å². The third-order valence-electron chi connectivity index (χ3n) is 4.91. The largest absolute Gasteiger partial charge is 0.357 e. The molecule has 2 aromatic heterocycles. The van der Waals surface area contributed by atoms with Crippen molar-refractivity contribution >= 4 is 28.5 Å². The molecule has 3 heterocycles. The Hall–Kier alpha value is -2.47. The minimum absolute atomic E-state index is 0.0364. The lowest BCUT2D eigenvalue weighted by atomic mass is 10.2. The Morgan fingerprint density at radius 2 is 2.19 bits per heavy atom. The van der Waals surface area contributed by atoms with Crippen LogP contribution >= 0.6 is 11.6 Å². The maximum absolute atomic E-state index is 12.5. The van der Waals surface area contributed by atoms with Crippen LogP contribution in [0.5, 0.6) is 0 Å². The number of aromatic amines is 1. The highest BCUT2D eigenvalue weighted by Gasteiger charge is 2.28. The molecule has 7 heteroatoms. The summed E-state index contributed by atoms with van der Waals surface area (Å²) in [4.78, 5) is 17.7. The van der Waals surface area contributed by atoms with Crippen LogP contribution in [0.3, 0.4) is 0 Å². The van der Waals surface area contributed by atoms with Crippen molar-refractivity contribution < 1.29 is 4.79 Å². The fourth-order valence-corrected chi connectivity index (χ4v) is 3.86. The van der Waals surface area contributed by atoms with E-state index in [-0.39, 0.29) is 12.1 Å². The first kappa shape index (κ1) is 17.0. The Kier molecular flexibility index (Phi) is 4.36. The van der Waals surface area contributed by atoms with Crippen molar-refractivity contribution in [3.8, 4) is 0 Å². The molecular formula is C19H22ClN5O. The minimum Gasteiger partial charge on any atom is -0.357 e. The molecule has 2 amide bonds. The zero-order valence-electron chi connectivity index (χ0n) is 14.9. The van der Waals surface area contributed by atoms with E-state index in [1.807, 2.05) is 40.8 Å². The van der Waals surface area contributed by atoms with Gasteiger partial charge in [-0.3, -0.25) is 4.68 Å². The van der Waals surface area contributed by atoms with Gasteiger partial charge in [-0.15, -0.1) is 0 Å². The summed E-state index contributed by atoms with van der Waals surface area (Å²) in [6, 6.07) is 10.0. The van der Waals surface area contributed by atoms with Crippen molar-refractivity contribution in [3.05, 3.63) is 52.4 Å². The van der Waals surface area contributed by atoms with Crippen molar-refractivity contribution in [2.24, 2.45) is 0 Å².